The average molecular weight is 372 g/mol. The largest absolute Gasteiger partial charge is 0.493 e. The standard InChI is InChI=1S/C21H24O6/c1-24-17-7-6-14(11-18(17)25-2)20-16(12-23)15-9-13(5-4-8-22)10-19(26-3)21(15)27-20/h4-7,9-11,16,20,22-23H,8,12H2,1-3H3/b5-4+/t16-,20+/m1/s1. The molecule has 0 saturated heterocycles. The highest BCUT2D eigenvalue weighted by molar-refractivity contribution is 5.62. The highest BCUT2D eigenvalue weighted by Crippen LogP contribution is 2.51. The van der Waals surface area contributed by atoms with Crippen LogP contribution in [0.25, 0.3) is 6.08 Å². The van der Waals surface area contributed by atoms with E-state index in [1.54, 1.807) is 33.5 Å². The first-order valence-corrected chi connectivity index (χ1v) is 8.65. The molecule has 0 fully saturated rings. The maximum atomic E-state index is 10.1. The van der Waals surface area contributed by atoms with Crippen molar-refractivity contribution in [2.24, 2.45) is 0 Å². The Labute approximate surface area is 158 Å². The smallest absolute Gasteiger partial charge is 0.165 e. The Kier molecular flexibility index (Phi) is 5.88. The minimum Gasteiger partial charge on any atom is -0.493 e. The van der Waals surface area contributed by atoms with Gasteiger partial charge in [-0.05, 0) is 35.4 Å². The molecule has 0 aliphatic carbocycles. The van der Waals surface area contributed by atoms with E-state index in [2.05, 4.69) is 0 Å². The lowest BCUT2D eigenvalue weighted by Gasteiger charge is -2.19. The molecule has 2 atom stereocenters. The van der Waals surface area contributed by atoms with Crippen molar-refractivity contribution in [3.05, 3.63) is 53.1 Å². The molecular formula is C21H24O6. The third-order valence-corrected chi connectivity index (χ3v) is 4.68. The average Bonchev–Trinajstić information content (AvgIpc) is 3.09. The maximum Gasteiger partial charge on any atom is 0.165 e. The van der Waals surface area contributed by atoms with Crippen LogP contribution in [0.2, 0.25) is 0 Å². The van der Waals surface area contributed by atoms with Gasteiger partial charge in [0.25, 0.3) is 0 Å². The van der Waals surface area contributed by atoms with Gasteiger partial charge in [0.05, 0.1) is 40.5 Å². The van der Waals surface area contributed by atoms with E-state index in [9.17, 15) is 5.11 Å². The fourth-order valence-corrected chi connectivity index (χ4v) is 3.38. The monoisotopic (exact) mass is 372 g/mol. The molecule has 144 valence electrons. The van der Waals surface area contributed by atoms with E-state index in [-0.39, 0.29) is 25.2 Å². The van der Waals surface area contributed by atoms with Crippen LogP contribution in [0, 0.1) is 0 Å². The Morgan fingerprint density at radius 2 is 1.70 bits per heavy atom. The summed E-state index contributed by atoms with van der Waals surface area (Å²) in [6, 6.07) is 9.38. The summed E-state index contributed by atoms with van der Waals surface area (Å²) in [5.74, 6) is 2.19. The van der Waals surface area contributed by atoms with Gasteiger partial charge in [-0.1, -0.05) is 18.2 Å². The molecule has 1 aliphatic rings. The van der Waals surface area contributed by atoms with Crippen molar-refractivity contribution in [1.29, 1.82) is 0 Å². The summed E-state index contributed by atoms with van der Waals surface area (Å²) in [7, 11) is 4.75. The van der Waals surface area contributed by atoms with Gasteiger partial charge in [0.15, 0.2) is 23.0 Å². The quantitative estimate of drug-likeness (QED) is 0.778. The molecule has 2 N–H and O–H groups in total. The first kappa shape index (κ1) is 19.1. The second-order valence-electron chi connectivity index (χ2n) is 6.17. The SMILES string of the molecule is COc1ccc([C@@H]2Oc3c(OC)cc(/C=C/CO)cc3[C@H]2CO)cc1OC. The van der Waals surface area contributed by atoms with Gasteiger partial charge in [0.1, 0.15) is 6.10 Å². The minimum atomic E-state index is -0.379. The van der Waals surface area contributed by atoms with Crippen molar-refractivity contribution in [3.63, 3.8) is 0 Å². The van der Waals surface area contributed by atoms with E-state index in [1.807, 2.05) is 30.3 Å². The lowest BCUT2D eigenvalue weighted by molar-refractivity contribution is 0.156. The normalized spacial score (nSPS) is 18.3. The van der Waals surface area contributed by atoms with Crippen LogP contribution < -0.4 is 18.9 Å². The third-order valence-electron chi connectivity index (χ3n) is 4.68. The minimum absolute atomic E-state index is 0.0480. The fraction of sp³-hybridized carbons (Fsp3) is 0.333. The summed E-state index contributed by atoms with van der Waals surface area (Å²) < 4.78 is 22.4. The first-order valence-electron chi connectivity index (χ1n) is 8.65. The topological polar surface area (TPSA) is 77.4 Å². The van der Waals surface area contributed by atoms with Gasteiger partial charge >= 0.3 is 0 Å². The lowest BCUT2D eigenvalue weighted by Crippen LogP contribution is -2.13. The van der Waals surface area contributed by atoms with Crippen LogP contribution in [-0.2, 0) is 0 Å². The van der Waals surface area contributed by atoms with Gasteiger partial charge in [-0.3, -0.25) is 0 Å². The number of aliphatic hydroxyl groups is 2. The molecule has 0 spiro atoms. The summed E-state index contributed by atoms with van der Waals surface area (Å²) in [6.07, 6.45) is 3.08. The lowest BCUT2D eigenvalue weighted by atomic mass is 9.90. The van der Waals surface area contributed by atoms with Crippen LogP contribution in [0.5, 0.6) is 23.0 Å². The Morgan fingerprint density at radius 3 is 2.33 bits per heavy atom. The molecule has 3 rings (SSSR count). The third kappa shape index (κ3) is 3.59. The second-order valence-corrected chi connectivity index (χ2v) is 6.17. The number of aliphatic hydroxyl groups excluding tert-OH is 2. The molecule has 0 amide bonds. The number of ether oxygens (including phenoxy) is 4. The molecule has 1 heterocycles. The van der Waals surface area contributed by atoms with Gasteiger partial charge in [0.2, 0.25) is 0 Å². The molecule has 0 unspecified atom stereocenters. The van der Waals surface area contributed by atoms with E-state index in [0.29, 0.717) is 23.0 Å². The number of hydrogen-bond donors (Lipinski definition) is 2. The van der Waals surface area contributed by atoms with Crippen molar-refractivity contribution in [3.8, 4) is 23.0 Å². The zero-order chi connectivity index (χ0) is 19.4. The van der Waals surface area contributed by atoms with Crippen LogP contribution in [0.3, 0.4) is 0 Å². The summed E-state index contributed by atoms with van der Waals surface area (Å²) in [6.45, 7) is -0.129. The molecule has 2 aromatic carbocycles. The molecule has 27 heavy (non-hydrogen) atoms. The van der Waals surface area contributed by atoms with Crippen LogP contribution in [0.1, 0.15) is 28.7 Å². The zero-order valence-electron chi connectivity index (χ0n) is 15.6. The molecule has 2 aromatic rings. The zero-order valence-corrected chi connectivity index (χ0v) is 15.6. The van der Waals surface area contributed by atoms with Gasteiger partial charge < -0.3 is 29.2 Å². The van der Waals surface area contributed by atoms with Crippen LogP contribution in [0.15, 0.2) is 36.4 Å². The fourth-order valence-electron chi connectivity index (χ4n) is 3.38. The van der Waals surface area contributed by atoms with Crippen molar-refractivity contribution < 1.29 is 29.2 Å². The molecule has 0 bridgehead atoms. The van der Waals surface area contributed by atoms with Gasteiger partial charge in [-0.25, -0.2) is 0 Å². The van der Waals surface area contributed by atoms with Crippen molar-refractivity contribution >= 4 is 6.08 Å². The van der Waals surface area contributed by atoms with E-state index >= 15 is 0 Å². The summed E-state index contributed by atoms with van der Waals surface area (Å²) in [5.41, 5.74) is 2.61. The van der Waals surface area contributed by atoms with Crippen molar-refractivity contribution in [2.75, 3.05) is 34.5 Å². The molecular weight excluding hydrogens is 348 g/mol. The number of fused-ring (bicyclic) bond motifs is 1. The van der Waals surface area contributed by atoms with E-state index in [0.717, 1.165) is 16.7 Å². The Morgan fingerprint density at radius 1 is 0.963 bits per heavy atom. The molecule has 1 aliphatic heterocycles. The summed E-state index contributed by atoms with van der Waals surface area (Å²) in [4.78, 5) is 0. The Bertz CT molecular complexity index is 830. The number of rotatable bonds is 7. The van der Waals surface area contributed by atoms with Crippen LogP contribution >= 0.6 is 0 Å². The highest BCUT2D eigenvalue weighted by atomic mass is 16.5. The predicted octanol–water partition coefficient (Wildman–Crippen LogP) is 2.93. The maximum absolute atomic E-state index is 10.1. The number of methoxy groups -OCH3 is 3. The molecule has 0 saturated carbocycles. The Balaban J connectivity index is 2.03. The van der Waals surface area contributed by atoms with E-state index < -0.39 is 0 Å². The highest BCUT2D eigenvalue weighted by Gasteiger charge is 2.37. The first-order chi connectivity index (χ1) is 13.2. The molecule has 6 heteroatoms. The number of benzene rings is 2. The van der Waals surface area contributed by atoms with Crippen LogP contribution in [-0.4, -0.2) is 44.8 Å². The summed E-state index contributed by atoms with van der Waals surface area (Å²) >= 11 is 0. The molecule has 0 aromatic heterocycles. The second kappa shape index (κ2) is 8.33. The van der Waals surface area contributed by atoms with Gasteiger partial charge in [0, 0.05) is 5.56 Å². The predicted molar refractivity (Wildman–Crippen MR) is 102 cm³/mol. The van der Waals surface area contributed by atoms with Gasteiger partial charge in [-0.15, -0.1) is 0 Å². The van der Waals surface area contributed by atoms with Crippen molar-refractivity contribution in [1.82, 2.24) is 0 Å². The van der Waals surface area contributed by atoms with E-state index in [4.69, 9.17) is 24.1 Å². The summed E-state index contributed by atoms with van der Waals surface area (Å²) in [5, 5.41) is 19.1. The number of hydrogen-bond acceptors (Lipinski definition) is 6. The Hall–Kier alpha value is -2.70. The van der Waals surface area contributed by atoms with Gasteiger partial charge in [-0.2, -0.15) is 0 Å². The van der Waals surface area contributed by atoms with Crippen molar-refractivity contribution in [2.45, 2.75) is 12.0 Å². The molecule has 6 nitrogen and oxygen atoms in total. The van der Waals surface area contributed by atoms with E-state index in [1.165, 1.54) is 0 Å². The van der Waals surface area contributed by atoms with Crippen LogP contribution in [0.4, 0.5) is 0 Å². The molecule has 0 radical (unpaired) electrons.